The molecule has 1 aromatic carbocycles. The number of carbonyl (C=O) groups is 2. The molecule has 1 aromatic heterocycles. The van der Waals surface area contributed by atoms with Crippen molar-refractivity contribution in [2.45, 2.75) is 34.1 Å². The van der Waals surface area contributed by atoms with Crippen molar-refractivity contribution in [2.24, 2.45) is 5.92 Å². The molecule has 1 heterocycles. The summed E-state index contributed by atoms with van der Waals surface area (Å²) in [5.74, 6) is -0.887. The minimum Gasteiger partial charge on any atom is -0.425 e. The van der Waals surface area contributed by atoms with Crippen LogP contribution in [0.2, 0.25) is 0 Å². The summed E-state index contributed by atoms with van der Waals surface area (Å²) in [5.41, 5.74) is 0.487. The van der Waals surface area contributed by atoms with Gasteiger partial charge in [0.25, 0.3) is 0 Å². The van der Waals surface area contributed by atoms with Gasteiger partial charge in [-0.2, -0.15) is 0 Å². The van der Waals surface area contributed by atoms with E-state index in [2.05, 4.69) is 0 Å². The lowest BCUT2D eigenvalue weighted by Crippen LogP contribution is -2.17. The second kappa shape index (κ2) is 6.13. The number of carbonyl (C=O) groups excluding carboxylic acids is 2. The summed E-state index contributed by atoms with van der Waals surface area (Å²) in [6.07, 6.45) is 0.211. The van der Waals surface area contributed by atoms with E-state index in [4.69, 9.17) is 9.15 Å². The lowest BCUT2D eigenvalue weighted by Gasteiger charge is -2.12. The zero-order chi connectivity index (χ0) is 16.4. The standard InChI is InChI=1S/C17H18O5/c1-5-12(18)15-13(21-17(20)9(2)3)7-6-11-10(4)8-14(19)22-16(11)15/h6-9H,5H2,1-4H3. The Bertz CT molecular complexity index is 799. The molecular weight excluding hydrogens is 284 g/mol. The third-order valence-electron chi connectivity index (χ3n) is 3.36. The minimum absolute atomic E-state index is 0.131. The van der Waals surface area contributed by atoms with Crippen molar-refractivity contribution in [1.29, 1.82) is 0 Å². The molecule has 0 saturated heterocycles. The Morgan fingerprint density at radius 3 is 2.55 bits per heavy atom. The summed E-state index contributed by atoms with van der Waals surface area (Å²) in [6.45, 7) is 6.87. The second-order valence-electron chi connectivity index (χ2n) is 5.42. The molecular formula is C17H18O5. The van der Waals surface area contributed by atoms with Crippen LogP contribution in [0.3, 0.4) is 0 Å². The van der Waals surface area contributed by atoms with E-state index in [0.29, 0.717) is 10.9 Å². The SMILES string of the molecule is CCC(=O)c1c(OC(=O)C(C)C)ccc2c(C)cc(=O)oc12. The highest BCUT2D eigenvalue weighted by Crippen LogP contribution is 2.30. The van der Waals surface area contributed by atoms with Crippen LogP contribution in [0.4, 0.5) is 0 Å². The van der Waals surface area contributed by atoms with E-state index in [1.807, 2.05) is 0 Å². The fraction of sp³-hybridized carbons (Fsp3) is 0.353. The first-order valence-corrected chi connectivity index (χ1v) is 7.17. The molecule has 5 heteroatoms. The van der Waals surface area contributed by atoms with Gasteiger partial charge in [-0.25, -0.2) is 4.79 Å². The Kier molecular flexibility index (Phi) is 4.45. The molecule has 0 aliphatic carbocycles. The molecule has 0 fully saturated rings. The van der Waals surface area contributed by atoms with Gasteiger partial charge in [0.1, 0.15) is 11.3 Å². The Morgan fingerprint density at radius 1 is 1.27 bits per heavy atom. The number of benzene rings is 1. The number of aryl methyl sites for hydroxylation is 1. The fourth-order valence-electron chi connectivity index (χ4n) is 2.12. The van der Waals surface area contributed by atoms with Gasteiger partial charge in [-0.05, 0) is 24.6 Å². The third-order valence-corrected chi connectivity index (χ3v) is 3.36. The van der Waals surface area contributed by atoms with E-state index < -0.39 is 11.6 Å². The van der Waals surface area contributed by atoms with Crippen LogP contribution in [0.15, 0.2) is 27.4 Å². The van der Waals surface area contributed by atoms with Crippen LogP contribution in [0.1, 0.15) is 43.1 Å². The van der Waals surface area contributed by atoms with Gasteiger partial charge in [-0.3, -0.25) is 9.59 Å². The normalized spacial score (nSPS) is 11.0. The van der Waals surface area contributed by atoms with Crippen molar-refractivity contribution in [3.63, 3.8) is 0 Å². The number of hydrogen-bond donors (Lipinski definition) is 0. The van der Waals surface area contributed by atoms with E-state index in [0.717, 1.165) is 0 Å². The van der Waals surface area contributed by atoms with Crippen molar-refractivity contribution in [3.8, 4) is 5.75 Å². The zero-order valence-corrected chi connectivity index (χ0v) is 13.1. The highest BCUT2D eigenvalue weighted by molar-refractivity contribution is 6.09. The van der Waals surface area contributed by atoms with Gasteiger partial charge < -0.3 is 9.15 Å². The van der Waals surface area contributed by atoms with E-state index in [-0.39, 0.29) is 35.0 Å². The molecule has 116 valence electrons. The van der Waals surface area contributed by atoms with Gasteiger partial charge in [0.05, 0.1) is 5.92 Å². The molecule has 0 aliphatic rings. The third kappa shape index (κ3) is 2.93. The van der Waals surface area contributed by atoms with Gasteiger partial charge in [0.15, 0.2) is 11.4 Å². The van der Waals surface area contributed by atoms with Crippen molar-refractivity contribution >= 4 is 22.7 Å². The molecule has 0 unspecified atom stereocenters. The summed E-state index contributed by atoms with van der Waals surface area (Å²) in [5, 5.41) is 0.653. The van der Waals surface area contributed by atoms with Crippen LogP contribution in [-0.4, -0.2) is 11.8 Å². The van der Waals surface area contributed by atoms with Gasteiger partial charge in [0, 0.05) is 17.9 Å². The zero-order valence-electron chi connectivity index (χ0n) is 13.1. The average molecular weight is 302 g/mol. The highest BCUT2D eigenvalue weighted by atomic mass is 16.5. The van der Waals surface area contributed by atoms with Gasteiger partial charge in [-0.1, -0.05) is 20.8 Å². The molecule has 22 heavy (non-hydrogen) atoms. The number of ether oxygens (including phenoxy) is 1. The maximum Gasteiger partial charge on any atom is 0.336 e. The lowest BCUT2D eigenvalue weighted by atomic mass is 10.0. The number of hydrogen-bond acceptors (Lipinski definition) is 5. The maximum absolute atomic E-state index is 12.3. The molecule has 0 amide bonds. The fourth-order valence-corrected chi connectivity index (χ4v) is 2.12. The van der Waals surface area contributed by atoms with Crippen molar-refractivity contribution < 1.29 is 18.7 Å². The van der Waals surface area contributed by atoms with Crippen molar-refractivity contribution in [3.05, 3.63) is 39.7 Å². The van der Waals surface area contributed by atoms with E-state index in [1.165, 1.54) is 6.07 Å². The van der Waals surface area contributed by atoms with Crippen LogP contribution < -0.4 is 10.4 Å². The number of esters is 1. The molecule has 0 saturated carbocycles. The van der Waals surface area contributed by atoms with Gasteiger partial charge in [0.2, 0.25) is 0 Å². The van der Waals surface area contributed by atoms with Crippen LogP contribution in [0, 0.1) is 12.8 Å². The highest BCUT2D eigenvalue weighted by Gasteiger charge is 2.21. The molecule has 0 aliphatic heterocycles. The average Bonchev–Trinajstić information content (AvgIpc) is 2.45. The number of rotatable bonds is 4. The number of fused-ring (bicyclic) bond motifs is 1. The van der Waals surface area contributed by atoms with Crippen molar-refractivity contribution in [1.82, 2.24) is 0 Å². The lowest BCUT2D eigenvalue weighted by molar-refractivity contribution is -0.137. The van der Waals surface area contributed by atoms with Gasteiger partial charge in [-0.15, -0.1) is 0 Å². The van der Waals surface area contributed by atoms with Crippen LogP contribution in [0.25, 0.3) is 11.0 Å². The van der Waals surface area contributed by atoms with Crippen LogP contribution in [-0.2, 0) is 4.79 Å². The summed E-state index contributed by atoms with van der Waals surface area (Å²) in [4.78, 5) is 35.7. The first kappa shape index (κ1) is 15.9. The summed E-state index contributed by atoms with van der Waals surface area (Å²) in [6, 6.07) is 4.61. The Labute approximate surface area is 127 Å². The maximum atomic E-state index is 12.3. The molecule has 2 aromatic rings. The Balaban J connectivity index is 2.74. The molecule has 2 rings (SSSR count). The Morgan fingerprint density at radius 2 is 1.95 bits per heavy atom. The summed E-state index contributed by atoms with van der Waals surface area (Å²) in [7, 11) is 0. The van der Waals surface area contributed by atoms with Crippen LogP contribution in [0.5, 0.6) is 5.75 Å². The van der Waals surface area contributed by atoms with Crippen LogP contribution >= 0.6 is 0 Å². The van der Waals surface area contributed by atoms with E-state index in [1.54, 1.807) is 39.8 Å². The summed E-state index contributed by atoms with van der Waals surface area (Å²) >= 11 is 0. The smallest absolute Gasteiger partial charge is 0.336 e. The van der Waals surface area contributed by atoms with Gasteiger partial charge >= 0.3 is 11.6 Å². The molecule has 0 N–H and O–H groups in total. The van der Waals surface area contributed by atoms with E-state index in [9.17, 15) is 14.4 Å². The predicted molar refractivity (Wildman–Crippen MR) is 82.3 cm³/mol. The minimum atomic E-state index is -0.539. The quantitative estimate of drug-likeness (QED) is 0.375. The molecule has 0 atom stereocenters. The summed E-state index contributed by atoms with van der Waals surface area (Å²) < 4.78 is 10.5. The monoisotopic (exact) mass is 302 g/mol. The second-order valence-corrected chi connectivity index (χ2v) is 5.42. The topological polar surface area (TPSA) is 73.6 Å². The van der Waals surface area contributed by atoms with E-state index >= 15 is 0 Å². The largest absolute Gasteiger partial charge is 0.425 e. The Hall–Kier alpha value is -2.43. The first-order chi connectivity index (χ1) is 10.3. The number of Topliss-reactive ketones (excluding diaryl/α,β-unsaturated/α-hetero) is 1. The molecule has 0 spiro atoms. The predicted octanol–water partition coefficient (Wildman–Crippen LogP) is 3.26. The number of ketones is 1. The first-order valence-electron chi connectivity index (χ1n) is 7.17. The molecule has 0 bridgehead atoms. The van der Waals surface area contributed by atoms with Crippen molar-refractivity contribution in [2.75, 3.05) is 0 Å². The molecule has 0 radical (unpaired) electrons. The molecule has 5 nitrogen and oxygen atoms in total.